The summed E-state index contributed by atoms with van der Waals surface area (Å²) in [5.74, 6) is 0.677. The highest BCUT2D eigenvalue weighted by molar-refractivity contribution is 7.19. The number of aromatic amines is 1. The average Bonchev–Trinajstić information content (AvgIpc) is 3.33. The molecule has 0 spiro atoms. The summed E-state index contributed by atoms with van der Waals surface area (Å²) in [5.41, 5.74) is 2.57. The number of anilines is 1. The summed E-state index contributed by atoms with van der Waals surface area (Å²) in [6.07, 6.45) is 5.18. The fraction of sp³-hybridized carbons (Fsp3) is 0.368. The van der Waals surface area contributed by atoms with E-state index in [4.69, 9.17) is 9.72 Å². The van der Waals surface area contributed by atoms with Crippen LogP contribution in [0.25, 0.3) is 21.4 Å². The van der Waals surface area contributed by atoms with Crippen LogP contribution in [0, 0.1) is 0 Å². The molecule has 144 valence electrons. The number of ether oxygens (including phenoxy) is 1. The van der Waals surface area contributed by atoms with E-state index in [1.807, 2.05) is 24.5 Å². The Morgan fingerprint density at radius 1 is 1.25 bits per heavy atom. The molecule has 2 N–H and O–H groups in total. The van der Waals surface area contributed by atoms with Gasteiger partial charge in [0, 0.05) is 23.2 Å². The van der Waals surface area contributed by atoms with Crippen molar-refractivity contribution in [2.24, 2.45) is 0 Å². The Labute approximate surface area is 165 Å². The Balaban J connectivity index is 1.42. The predicted molar refractivity (Wildman–Crippen MR) is 107 cm³/mol. The second-order valence-electron chi connectivity index (χ2n) is 7.44. The van der Waals surface area contributed by atoms with Gasteiger partial charge in [0.2, 0.25) is 5.95 Å². The van der Waals surface area contributed by atoms with Crippen LogP contribution in [0.1, 0.15) is 30.4 Å². The third-order valence-electron chi connectivity index (χ3n) is 4.88. The number of imidazole rings is 1. The zero-order valence-electron chi connectivity index (χ0n) is 15.6. The van der Waals surface area contributed by atoms with Crippen LogP contribution < -0.4 is 4.90 Å². The lowest BCUT2D eigenvalue weighted by atomic mass is 10.1. The standard InChI is InChI=1S/C19H20N6O2S/c1-19(2,26)16-6-12-15(28-16)8-21-18(24-12)25-3-4-27-14(9-25)11-5-13-17(20-7-11)23-10-22-13/h5-8,10,14,26H,3-4,9H2,1-2H3,(H,20,22,23). The van der Waals surface area contributed by atoms with Gasteiger partial charge in [-0.15, -0.1) is 11.3 Å². The van der Waals surface area contributed by atoms with Crippen molar-refractivity contribution in [3.05, 3.63) is 41.3 Å². The molecule has 4 aromatic rings. The van der Waals surface area contributed by atoms with Gasteiger partial charge >= 0.3 is 0 Å². The Morgan fingerprint density at radius 2 is 2.14 bits per heavy atom. The molecule has 1 aliphatic rings. The maximum Gasteiger partial charge on any atom is 0.226 e. The van der Waals surface area contributed by atoms with Crippen LogP contribution in [0.2, 0.25) is 0 Å². The number of aliphatic hydroxyl groups is 1. The van der Waals surface area contributed by atoms with E-state index in [0.717, 1.165) is 32.7 Å². The fourth-order valence-electron chi connectivity index (χ4n) is 3.34. The molecular weight excluding hydrogens is 376 g/mol. The van der Waals surface area contributed by atoms with E-state index < -0.39 is 5.60 Å². The Bertz CT molecular complexity index is 1150. The molecule has 1 saturated heterocycles. The first-order chi connectivity index (χ1) is 13.5. The van der Waals surface area contributed by atoms with E-state index in [-0.39, 0.29) is 6.10 Å². The summed E-state index contributed by atoms with van der Waals surface area (Å²) in [7, 11) is 0. The van der Waals surface area contributed by atoms with Gasteiger partial charge in [-0.25, -0.2) is 19.9 Å². The van der Waals surface area contributed by atoms with Gasteiger partial charge in [0.15, 0.2) is 5.65 Å². The molecule has 28 heavy (non-hydrogen) atoms. The number of thiophene rings is 1. The summed E-state index contributed by atoms with van der Waals surface area (Å²) in [6.45, 7) is 5.53. The van der Waals surface area contributed by atoms with Crippen molar-refractivity contribution in [3.63, 3.8) is 0 Å². The third kappa shape index (κ3) is 3.11. The highest BCUT2D eigenvalue weighted by atomic mass is 32.1. The van der Waals surface area contributed by atoms with Gasteiger partial charge in [0.05, 0.1) is 47.0 Å². The van der Waals surface area contributed by atoms with Crippen molar-refractivity contribution in [1.29, 1.82) is 0 Å². The lowest BCUT2D eigenvalue weighted by Gasteiger charge is -2.33. The summed E-state index contributed by atoms with van der Waals surface area (Å²) in [5, 5.41) is 10.3. The lowest BCUT2D eigenvalue weighted by molar-refractivity contribution is 0.0391. The van der Waals surface area contributed by atoms with Crippen LogP contribution in [0.3, 0.4) is 0 Å². The number of aromatic nitrogens is 5. The molecule has 0 saturated carbocycles. The highest BCUT2D eigenvalue weighted by Crippen LogP contribution is 2.33. The van der Waals surface area contributed by atoms with Gasteiger partial charge in [-0.3, -0.25) is 0 Å². The third-order valence-corrected chi connectivity index (χ3v) is 6.25. The number of rotatable bonds is 3. The second kappa shape index (κ2) is 6.47. The number of morpholine rings is 1. The van der Waals surface area contributed by atoms with Gasteiger partial charge in [-0.1, -0.05) is 0 Å². The van der Waals surface area contributed by atoms with Crippen LogP contribution in [0.4, 0.5) is 5.95 Å². The first-order valence-corrected chi connectivity index (χ1v) is 9.94. The monoisotopic (exact) mass is 396 g/mol. The van der Waals surface area contributed by atoms with E-state index >= 15 is 0 Å². The van der Waals surface area contributed by atoms with Crippen LogP contribution in [0.5, 0.6) is 0 Å². The molecule has 1 aliphatic heterocycles. The smallest absolute Gasteiger partial charge is 0.226 e. The molecule has 5 rings (SSSR count). The number of hydrogen-bond acceptors (Lipinski definition) is 8. The number of nitrogens with one attached hydrogen (secondary N) is 1. The molecule has 0 radical (unpaired) electrons. The molecule has 0 amide bonds. The van der Waals surface area contributed by atoms with Crippen molar-refractivity contribution in [2.75, 3.05) is 24.6 Å². The molecule has 0 bridgehead atoms. The summed E-state index contributed by atoms with van der Waals surface area (Å²) < 4.78 is 6.95. The van der Waals surface area contributed by atoms with E-state index in [1.54, 1.807) is 20.2 Å². The van der Waals surface area contributed by atoms with Gasteiger partial charge in [0.1, 0.15) is 6.10 Å². The molecule has 0 aliphatic carbocycles. The zero-order valence-corrected chi connectivity index (χ0v) is 16.4. The summed E-state index contributed by atoms with van der Waals surface area (Å²) >= 11 is 1.52. The SMILES string of the molecule is CC(C)(O)c1cc2nc(N3CCOC(c4cnc5nc[nH]c5c4)C3)ncc2s1. The first-order valence-electron chi connectivity index (χ1n) is 9.12. The van der Waals surface area contributed by atoms with Crippen LogP contribution in [0.15, 0.2) is 30.9 Å². The van der Waals surface area contributed by atoms with Gasteiger partial charge in [-0.2, -0.15) is 0 Å². The minimum Gasteiger partial charge on any atom is -0.385 e. The Hall–Kier alpha value is -2.62. The molecule has 1 atom stereocenters. The molecule has 0 aromatic carbocycles. The van der Waals surface area contributed by atoms with E-state index in [2.05, 4.69) is 24.8 Å². The molecule has 9 heteroatoms. The van der Waals surface area contributed by atoms with E-state index in [9.17, 15) is 5.11 Å². The van der Waals surface area contributed by atoms with E-state index in [0.29, 0.717) is 24.7 Å². The molecule has 1 unspecified atom stereocenters. The number of fused-ring (bicyclic) bond motifs is 2. The summed E-state index contributed by atoms with van der Waals surface area (Å²) in [6, 6.07) is 3.97. The summed E-state index contributed by atoms with van der Waals surface area (Å²) in [4.78, 5) is 23.9. The number of pyridine rings is 1. The molecule has 1 fully saturated rings. The largest absolute Gasteiger partial charge is 0.385 e. The van der Waals surface area contributed by atoms with Gasteiger partial charge in [0.25, 0.3) is 0 Å². The van der Waals surface area contributed by atoms with Gasteiger partial charge < -0.3 is 19.7 Å². The zero-order chi connectivity index (χ0) is 19.3. The Kier molecular flexibility index (Phi) is 4.04. The van der Waals surface area contributed by atoms with Crippen molar-refractivity contribution in [3.8, 4) is 0 Å². The molecule has 4 aromatic heterocycles. The maximum atomic E-state index is 10.3. The highest BCUT2D eigenvalue weighted by Gasteiger charge is 2.25. The normalized spacial score (nSPS) is 18.2. The Morgan fingerprint density at radius 3 is 3.00 bits per heavy atom. The van der Waals surface area contributed by atoms with E-state index in [1.165, 1.54) is 11.3 Å². The molecular formula is C19H20N6O2S. The van der Waals surface area contributed by atoms with Crippen molar-refractivity contribution < 1.29 is 9.84 Å². The number of hydrogen-bond donors (Lipinski definition) is 2. The molecule has 8 nitrogen and oxygen atoms in total. The minimum atomic E-state index is -0.881. The topological polar surface area (TPSA) is 100 Å². The van der Waals surface area contributed by atoms with Crippen LogP contribution in [-0.2, 0) is 10.3 Å². The van der Waals surface area contributed by atoms with Crippen molar-refractivity contribution in [2.45, 2.75) is 25.6 Å². The van der Waals surface area contributed by atoms with Crippen molar-refractivity contribution in [1.82, 2.24) is 24.9 Å². The van der Waals surface area contributed by atoms with Crippen LogP contribution in [-0.4, -0.2) is 49.7 Å². The minimum absolute atomic E-state index is 0.109. The molecule has 5 heterocycles. The second-order valence-corrected chi connectivity index (χ2v) is 8.52. The van der Waals surface area contributed by atoms with Crippen LogP contribution >= 0.6 is 11.3 Å². The lowest BCUT2D eigenvalue weighted by Crippen LogP contribution is -2.39. The first kappa shape index (κ1) is 17.5. The maximum absolute atomic E-state index is 10.3. The number of H-pyrrole nitrogens is 1. The van der Waals surface area contributed by atoms with Gasteiger partial charge in [-0.05, 0) is 26.0 Å². The average molecular weight is 396 g/mol. The quantitative estimate of drug-likeness (QED) is 0.549. The predicted octanol–water partition coefficient (Wildman–Crippen LogP) is 2.77. The fourth-order valence-corrected chi connectivity index (χ4v) is 4.31. The van der Waals surface area contributed by atoms with Crippen molar-refractivity contribution >= 4 is 38.7 Å². The number of nitrogens with zero attached hydrogens (tertiary/aromatic N) is 5.